The molecule has 1 aromatic rings. The van der Waals surface area contributed by atoms with Crippen molar-refractivity contribution in [3.05, 3.63) is 42.5 Å². The van der Waals surface area contributed by atoms with Gasteiger partial charge in [-0.05, 0) is 50.7 Å². The van der Waals surface area contributed by atoms with Crippen LogP contribution in [0, 0.1) is 5.92 Å². The molecule has 110 valence electrons. The molecule has 3 nitrogen and oxygen atoms in total. The van der Waals surface area contributed by atoms with Gasteiger partial charge in [-0.3, -0.25) is 4.90 Å². The first-order valence-electron chi connectivity index (χ1n) is 7.39. The van der Waals surface area contributed by atoms with Crippen LogP contribution in [0.25, 0.3) is 0 Å². The average Bonchev–Trinajstić information content (AvgIpc) is 2.88. The summed E-state index contributed by atoms with van der Waals surface area (Å²) in [6.45, 7) is 8.92. The van der Waals surface area contributed by atoms with Gasteiger partial charge in [0.05, 0.1) is 0 Å². The van der Waals surface area contributed by atoms with Gasteiger partial charge in [-0.15, -0.1) is 6.58 Å². The van der Waals surface area contributed by atoms with Gasteiger partial charge in [0.25, 0.3) is 0 Å². The summed E-state index contributed by atoms with van der Waals surface area (Å²) in [6, 6.07) is 8.50. The van der Waals surface area contributed by atoms with Gasteiger partial charge in [-0.1, -0.05) is 18.2 Å². The Bertz CT molecular complexity index is 414. The standard InChI is InChI=1S/C17H26N2O/c1-4-15-9-10-19(13-15)14-16-5-7-17(8-6-16)20-12-11-18(2)3/h4-8,15H,1,9-14H2,2-3H3. The average molecular weight is 274 g/mol. The predicted molar refractivity (Wildman–Crippen MR) is 84.1 cm³/mol. The SMILES string of the molecule is C=CC1CCN(Cc2ccc(OCCN(C)C)cc2)C1. The highest BCUT2D eigenvalue weighted by atomic mass is 16.5. The summed E-state index contributed by atoms with van der Waals surface area (Å²) in [5.74, 6) is 1.63. The van der Waals surface area contributed by atoms with Gasteiger partial charge in [0.1, 0.15) is 12.4 Å². The highest BCUT2D eigenvalue weighted by molar-refractivity contribution is 5.27. The third-order valence-corrected chi connectivity index (χ3v) is 3.78. The summed E-state index contributed by atoms with van der Waals surface area (Å²) in [4.78, 5) is 4.62. The van der Waals surface area contributed by atoms with Crippen LogP contribution in [-0.4, -0.2) is 50.1 Å². The second-order valence-electron chi connectivity index (χ2n) is 5.82. The zero-order valence-corrected chi connectivity index (χ0v) is 12.7. The van der Waals surface area contributed by atoms with Crippen LogP contribution in [0.2, 0.25) is 0 Å². The smallest absolute Gasteiger partial charge is 0.119 e. The second kappa shape index (κ2) is 7.46. The van der Waals surface area contributed by atoms with Crippen LogP contribution in [0.3, 0.4) is 0 Å². The Morgan fingerprint density at radius 1 is 1.35 bits per heavy atom. The molecule has 1 unspecified atom stereocenters. The maximum Gasteiger partial charge on any atom is 0.119 e. The molecule has 1 saturated heterocycles. The molecule has 1 fully saturated rings. The fourth-order valence-electron chi connectivity index (χ4n) is 2.49. The molecule has 0 aliphatic carbocycles. The highest BCUT2D eigenvalue weighted by Gasteiger charge is 2.19. The summed E-state index contributed by atoms with van der Waals surface area (Å²) in [6.07, 6.45) is 3.33. The Labute approximate surface area is 122 Å². The Kier molecular flexibility index (Phi) is 5.62. The van der Waals surface area contributed by atoms with E-state index in [4.69, 9.17) is 4.74 Å². The highest BCUT2D eigenvalue weighted by Crippen LogP contribution is 2.20. The molecule has 2 rings (SSSR count). The van der Waals surface area contributed by atoms with Crippen LogP contribution in [0.4, 0.5) is 0 Å². The van der Waals surface area contributed by atoms with Crippen molar-refractivity contribution in [2.45, 2.75) is 13.0 Å². The zero-order chi connectivity index (χ0) is 14.4. The van der Waals surface area contributed by atoms with Crippen LogP contribution in [0.15, 0.2) is 36.9 Å². The van der Waals surface area contributed by atoms with Crippen LogP contribution in [0.5, 0.6) is 5.75 Å². The largest absolute Gasteiger partial charge is 0.492 e. The molecule has 0 bridgehead atoms. The Balaban J connectivity index is 1.78. The molecule has 0 aromatic heterocycles. The maximum absolute atomic E-state index is 5.71. The lowest BCUT2D eigenvalue weighted by atomic mass is 10.1. The second-order valence-corrected chi connectivity index (χ2v) is 5.82. The van der Waals surface area contributed by atoms with E-state index in [1.165, 1.54) is 18.5 Å². The van der Waals surface area contributed by atoms with Crippen molar-refractivity contribution in [2.24, 2.45) is 5.92 Å². The molecule has 1 aromatic carbocycles. The first-order chi connectivity index (χ1) is 9.67. The van der Waals surface area contributed by atoms with Crippen molar-refractivity contribution >= 4 is 0 Å². The van der Waals surface area contributed by atoms with Crippen LogP contribution >= 0.6 is 0 Å². The monoisotopic (exact) mass is 274 g/mol. The van der Waals surface area contributed by atoms with E-state index in [2.05, 4.69) is 60.8 Å². The first kappa shape index (κ1) is 15.1. The number of hydrogen-bond acceptors (Lipinski definition) is 3. The molecule has 0 spiro atoms. The van der Waals surface area contributed by atoms with E-state index in [0.717, 1.165) is 32.0 Å². The van der Waals surface area contributed by atoms with Gasteiger partial charge in [0.2, 0.25) is 0 Å². The van der Waals surface area contributed by atoms with Crippen molar-refractivity contribution in [1.29, 1.82) is 0 Å². The summed E-state index contributed by atoms with van der Waals surface area (Å²) in [7, 11) is 4.11. The van der Waals surface area contributed by atoms with E-state index < -0.39 is 0 Å². The maximum atomic E-state index is 5.71. The van der Waals surface area contributed by atoms with E-state index in [1.807, 2.05) is 0 Å². The number of likely N-dealkylation sites (tertiary alicyclic amines) is 1. The van der Waals surface area contributed by atoms with E-state index in [-0.39, 0.29) is 0 Å². The first-order valence-corrected chi connectivity index (χ1v) is 7.39. The predicted octanol–water partition coefficient (Wildman–Crippen LogP) is 2.63. The van der Waals surface area contributed by atoms with Gasteiger partial charge < -0.3 is 9.64 Å². The molecular weight excluding hydrogens is 248 g/mol. The Morgan fingerprint density at radius 3 is 2.70 bits per heavy atom. The topological polar surface area (TPSA) is 15.7 Å². The molecule has 1 heterocycles. The minimum absolute atomic E-state index is 0.670. The minimum Gasteiger partial charge on any atom is -0.492 e. The van der Waals surface area contributed by atoms with Gasteiger partial charge >= 0.3 is 0 Å². The third kappa shape index (κ3) is 4.66. The third-order valence-electron chi connectivity index (χ3n) is 3.78. The molecule has 0 N–H and O–H groups in total. The lowest BCUT2D eigenvalue weighted by molar-refractivity contribution is 0.261. The van der Waals surface area contributed by atoms with Crippen molar-refractivity contribution in [1.82, 2.24) is 9.80 Å². The lowest BCUT2D eigenvalue weighted by Crippen LogP contribution is -2.20. The fourth-order valence-corrected chi connectivity index (χ4v) is 2.49. The lowest BCUT2D eigenvalue weighted by Gasteiger charge is -2.16. The van der Waals surface area contributed by atoms with Crippen LogP contribution in [0.1, 0.15) is 12.0 Å². The normalized spacial score (nSPS) is 19.4. The molecule has 0 saturated carbocycles. The molecule has 1 atom stereocenters. The van der Waals surface area contributed by atoms with E-state index in [0.29, 0.717) is 5.92 Å². The summed E-state index contributed by atoms with van der Waals surface area (Å²) in [5, 5.41) is 0. The fraction of sp³-hybridized carbons (Fsp3) is 0.529. The molecule has 1 aliphatic heterocycles. The van der Waals surface area contributed by atoms with E-state index in [1.54, 1.807) is 0 Å². The number of likely N-dealkylation sites (N-methyl/N-ethyl adjacent to an activating group) is 1. The summed E-state index contributed by atoms with van der Waals surface area (Å²) >= 11 is 0. The minimum atomic E-state index is 0.670. The van der Waals surface area contributed by atoms with Crippen LogP contribution in [-0.2, 0) is 6.54 Å². The number of benzene rings is 1. The van der Waals surface area contributed by atoms with Crippen molar-refractivity contribution in [3.63, 3.8) is 0 Å². The quantitative estimate of drug-likeness (QED) is 0.711. The molecule has 0 radical (unpaired) electrons. The van der Waals surface area contributed by atoms with Crippen molar-refractivity contribution in [2.75, 3.05) is 40.3 Å². The zero-order valence-electron chi connectivity index (χ0n) is 12.7. The van der Waals surface area contributed by atoms with Gasteiger partial charge in [0, 0.05) is 19.6 Å². The van der Waals surface area contributed by atoms with E-state index >= 15 is 0 Å². The molecule has 0 amide bonds. The summed E-state index contributed by atoms with van der Waals surface area (Å²) < 4.78 is 5.71. The van der Waals surface area contributed by atoms with Crippen LogP contribution < -0.4 is 4.74 Å². The van der Waals surface area contributed by atoms with Crippen molar-refractivity contribution < 1.29 is 4.74 Å². The van der Waals surface area contributed by atoms with E-state index in [9.17, 15) is 0 Å². The molecule has 3 heteroatoms. The van der Waals surface area contributed by atoms with Gasteiger partial charge in [0.15, 0.2) is 0 Å². The van der Waals surface area contributed by atoms with Crippen molar-refractivity contribution in [3.8, 4) is 5.75 Å². The number of nitrogens with zero attached hydrogens (tertiary/aromatic N) is 2. The number of hydrogen-bond donors (Lipinski definition) is 0. The summed E-state index contributed by atoms with van der Waals surface area (Å²) in [5.41, 5.74) is 1.36. The Morgan fingerprint density at radius 2 is 2.10 bits per heavy atom. The number of ether oxygens (including phenoxy) is 1. The van der Waals surface area contributed by atoms with Gasteiger partial charge in [-0.2, -0.15) is 0 Å². The number of rotatable bonds is 7. The van der Waals surface area contributed by atoms with Gasteiger partial charge in [-0.25, -0.2) is 0 Å². The Hall–Kier alpha value is -1.32. The molecule has 20 heavy (non-hydrogen) atoms. The molecule has 1 aliphatic rings. The molecular formula is C17H26N2O.